The van der Waals surface area contributed by atoms with Crippen molar-refractivity contribution >= 4 is 0 Å². The molecule has 0 bridgehead atoms. The van der Waals surface area contributed by atoms with Crippen molar-refractivity contribution in [1.82, 2.24) is 10.3 Å². The van der Waals surface area contributed by atoms with Crippen LogP contribution in [0, 0.1) is 0 Å². The van der Waals surface area contributed by atoms with Gasteiger partial charge in [0.25, 0.3) is 0 Å². The van der Waals surface area contributed by atoms with E-state index in [9.17, 15) is 0 Å². The van der Waals surface area contributed by atoms with Crippen molar-refractivity contribution in [2.75, 3.05) is 0 Å². The van der Waals surface area contributed by atoms with Gasteiger partial charge < -0.3 is 9.73 Å². The number of hydrogen-bond donors (Lipinski definition) is 1. The van der Waals surface area contributed by atoms with Crippen LogP contribution in [0.3, 0.4) is 0 Å². The third-order valence-corrected chi connectivity index (χ3v) is 2.43. The van der Waals surface area contributed by atoms with Crippen molar-refractivity contribution in [3.05, 3.63) is 42.5 Å². The van der Waals surface area contributed by atoms with Gasteiger partial charge in [0.15, 0.2) is 6.39 Å². The Kier molecular flexibility index (Phi) is 3.37. The summed E-state index contributed by atoms with van der Waals surface area (Å²) in [4.78, 5) is 4.18. The minimum absolute atomic E-state index is 0.477. The molecule has 2 rings (SSSR count). The first-order valence-corrected chi connectivity index (χ1v) is 5.47. The molecule has 0 aliphatic heterocycles. The van der Waals surface area contributed by atoms with E-state index in [2.05, 4.69) is 36.3 Å². The summed E-state index contributed by atoms with van der Waals surface area (Å²) >= 11 is 0. The first kappa shape index (κ1) is 10.9. The summed E-state index contributed by atoms with van der Waals surface area (Å²) in [7, 11) is 0. The zero-order chi connectivity index (χ0) is 11.4. The first-order valence-electron chi connectivity index (χ1n) is 5.47. The fourth-order valence-corrected chi connectivity index (χ4v) is 1.58. The van der Waals surface area contributed by atoms with Crippen LogP contribution in [-0.2, 0) is 6.54 Å². The highest BCUT2D eigenvalue weighted by Crippen LogP contribution is 2.21. The standard InChI is InChI=1S/C13H16N2O/c1-10(2)14-7-11-5-3-4-6-12(11)13-8-16-9-15-13/h3-6,8-10,14H,7H2,1-2H3. The molecule has 0 saturated carbocycles. The van der Waals surface area contributed by atoms with Crippen LogP contribution >= 0.6 is 0 Å². The lowest BCUT2D eigenvalue weighted by Crippen LogP contribution is -2.22. The van der Waals surface area contributed by atoms with Gasteiger partial charge in [-0.1, -0.05) is 38.1 Å². The number of rotatable bonds is 4. The summed E-state index contributed by atoms with van der Waals surface area (Å²) in [5, 5.41) is 3.41. The van der Waals surface area contributed by atoms with E-state index in [1.54, 1.807) is 6.26 Å². The number of hydrogen-bond acceptors (Lipinski definition) is 3. The Balaban J connectivity index is 2.24. The SMILES string of the molecule is CC(C)NCc1ccccc1-c1cocn1. The van der Waals surface area contributed by atoms with Crippen LogP contribution in [0.25, 0.3) is 11.3 Å². The molecule has 84 valence electrons. The van der Waals surface area contributed by atoms with Crippen LogP contribution in [0.1, 0.15) is 19.4 Å². The summed E-state index contributed by atoms with van der Waals surface area (Å²) < 4.78 is 5.02. The summed E-state index contributed by atoms with van der Waals surface area (Å²) in [6.45, 7) is 5.12. The minimum atomic E-state index is 0.477. The molecule has 1 aromatic carbocycles. The van der Waals surface area contributed by atoms with Gasteiger partial charge >= 0.3 is 0 Å². The van der Waals surface area contributed by atoms with Gasteiger partial charge in [-0.15, -0.1) is 0 Å². The number of aromatic nitrogens is 1. The number of nitrogens with one attached hydrogen (secondary N) is 1. The fourth-order valence-electron chi connectivity index (χ4n) is 1.58. The van der Waals surface area contributed by atoms with Crippen molar-refractivity contribution in [2.45, 2.75) is 26.4 Å². The van der Waals surface area contributed by atoms with Crippen molar-refractivity contribution in [3.63, 3.8) is 0 Å². The Bertz CT molecular complexity index is 435. The lowest BCUT2D eigenvalue weighted by Gasteiger charge is -2.10. The molecule has 0 aliphatic rings. The Labute approximate surface area is 95.5 Å². The molecule has 1 heterocycles. The summed E-state index contributed by atoms with van der Waals surface area (Å²) in [6.07, 6.45) is 3.14. The molecule has 16 heavy (non-hydrogen) atoms. The molecule has 0 unspecified atom stereocenters. The monoisotopic (exact) mass is 216 g/mol. The van der Waals surface area contributed by atoms with Gasteiger partial charge in [-0.05, 0) is 5.56 Å². The number of oxazole rings is 1. The van der Waals surface area contributed by atoms with Gasteiger partial charge in [-0.3, -0.25) is 0 Å². The van der Waals surface area contributed by atoms with E-state index < -0.39 is 0 Å². The molecule has 0 aliphatic carbocycles. The van der Waals surface area contributed by atoms with E-state index in [4.69, 9.17) is 4.42 Å². The molecule has 2 aromatic rings. The van der Waals surface area contributed by atoms with Crippen LogP contribution < -0.4 is 5.32 Å². The maximum atomic E-state index is 5.02. The minimum Gasteiger partial charge on any atom is -0.451 e. The fraction of sp³-hybridized carbons (Fsp3) is 0.308. The summed E-state index contributed by atoms with van der Waals surface area (Å²) in [5.74, 6) is 0. The quantitative estimate of drug-likeness (QED) is 0.854. The van der Waals surface area contributed by atoms with E-state index in [-0.39, 0.29) is 0 Å². The van der Waals surface area contributed by atoms with Crippen molar-refractivity contribution in [3.8, 4) is 11.3 Å². The van der Waals surface area contributed by atoms with Crippen LogP contribution in [0.15, 0.2) is 41.3 Å². The number of benzene rings is 1. The zero-order valence-corrected chi connectivity index (χ0v) is 9.60. The smallest absolute Gasteiger partial charge is 0.181 e. The van der Waals surface area contributed by atoms with Crippen molar-refractivity contribution in [1.29, 1.82) is 0 Å². The lowest BCUT2D eigenvalue weighted by molar-refractivity contribution is 0.558. The summed E-state index contributed by atoms with van der Waals surface area (Å²) in [5.41, 5.74) is 3.26. The van der Waals surface area contributed by atoms with E-state index in [0.29, 0.717) is 6.04 Å². The molecule has 0 amide bonds. The van der Waals surface area contributed by atoms with Gasteiger partial charge in [0, 0.05) is 18.2 Å². The number of nitrogens with zero attached hydrogens (tertiary/aromatic N) is 1. The highest BCUT2D eigenvalue weighted by Gasteiger charge is 2.06. The Morgan fingerprint density at radius 1 is 1.31 bits per heavy atom. The highest BCUT2D eigenvalue weighted by molar-refractivity contribution is 5.62. The molecule has 0 spiro atoms. The van der Waals surface area contributed by atoms with Crippen molar-refractivity contribution in [2.24, 2.45) is 0 Å². The second-order valence-corrected chi connectivity index (χ2v) is 4.07. The average Bonchev–Trinajstić information content (AvgIpc) is 2.80. The maximum absolute atomic E-state index is 5.02. The molecule has 0 atom stereocenters. The normalized spacial score (nSPS) is 10.9. The molecular weight excluding hydrogens is 200 g/mol. The van der Waals surface area contributed by atoms with E-state index in [1.165, 1.54) is 12.0 Å². The third-order valence-electron chi connectivity index (χ3n) is 2.43. The van der Waals surface area contributed by atoms with Crippen LogP contribution in [0.2, 0.25) is 0 Å². The highest BCUT2D eigenvalue weighted by atomic mass is 16.3. The molecular formula is C13H16N2O. The molecule has 3 heteroatoms. The topological polar surface area (TPSA) is 38.1 Å². The van der Waals surface area contributed by atoms with Gasteiger partial charge in [-0.2, -0.15) is 0 Å². The molecule has 1 N–H and O–H groups in total. The van der Waals surface area contributed by atoms with Gasteiger partial charge in [0.1, 0.15) is 12.0 Å². The van der Waals surface area contributed by atoms with E-state index in [1.807, 2.05) is 12.1 Å². The molecule has 0 fully saturated rings. The zero-order valence-electron chi connectivity index (χ0n) is 9.60. The molecule has 0 saturated heterocycles. The second-order valence-electron chi connectivity index (χ2n) is 4.07. The predicted octanol–water partition coefficient (Wildman–Crippen LogP) is 2.84. The Morgan fingerprint density at radius 3 is 2.81 bits per heavy atom. The van der Waals surface area contributed by atoms with Gasteiger partial charge in [-0.25, -0.2) is 4.98 Å². The lowest BCUT2D eigenvalue weighted by atomic mass is 10.1. The Morgan fingerprint density at radius 2 is 2.12 bits per heavy atom. The summed E-state index contributed by atoms with van der Waals surface area (Å²) in [6, 6.07) is 8.71. The van der Waals surface area contributed by atoms with Gasteiger partial charge in [0.2, 0.25) is 0 Å². The maximum Gasteiger partial charge on any atom is 0.181 e. The predicted molar refractivity (Wildman–Crippen MR) is 63.9 cm³/mol. The van der Waals surface area contributed by atoms with Crippen LogP contribution in [-0.4, -0.2) is 11.0 Å². The molecule has 3 nitrogen and oxygen atoms in total. The largest absolute Gasteiger partial charge is 0.451 e. The second kappa shape index (κ2) is 4.94. The third kappa shape index (κ3) is 2.49. The first-order chi connectivity index (χ1) is 7.77. The Hall–Kier alpha value is -1.61. The van der Waals surface area contributed by atoms with Crippen molar-refractivity contribution < 1.29 is 4.42 Å². The van der Waals surface area contributed by atoms with Crippen LogP contribution in [0.5, 0.6) is 0 Å². The molecule has 1 aromatic heterocycles. The van der Waals surface area contributed by atoms with Gasteiger partial charge in [0.05, 0.1) is 0 Å². The van der Waals surface area contributed by atoms with E-state index >= 15 is 0 Å². The van der Waals surface area contributed by atoms with E-state index in [0.717, 1.165) is 17.8 Å². The average molecular weight is 216 g/mol. The molecule has 0 radical (unpaired) electrons. The van der Waals surface area contributed by atoms with Crippen LogP contribution in [0.4, 0.5) is 0 Å².